The molecule has 1 saturated carbocycles. The van der Waals surface area contributed by atoms with E-state index in [1.807, 2.05) is 12.1 Å². The third-order valence-electron chi connectivity index (χ3n) is 6.77. The van der Waals surface area contributed by atoms with Crippen LogP contribution in [0.15, 0.2) is 41.8 Å². The Kier molecular flexibility index (Phi) is 4.58. The highest BCUT2D eigenvalue weighted by Gasteiger charge is 2.51. The highest BCUT2D eigenvalue weighted by Crippen LogP contribution is 2.59. The number of rotatable bonds is 3. The molecule has 3 atom stereocenters. The number of hydrogen-bond donors (Lipinski definition) is 2. The van der Waals surface area contributed by atoms with E-state index in [9.17, 15) is 5.11 Å². The molecule has 1 fully saturated rings. The van der Waals surface area contributed by atoms with Crippen LogP contribution in [0.5, 0.6) is 5.75 Å². The van der Waals surface area contributed by atoms with Crippen molar-refractivity contribution in [3.8, 4) is 5.75 Å². The van der Waals surface area contributed by atoms with Gasteiger partial charge in [0.1, 0.15) is 5.75 Å². The fourth-order valence-electron chi connectivity index (χ4n) is 5.17. The summed E-state index contributed by atoms with van der Waals surface area (Å²) in [4.78, 5) is 4.96. The van der Waals surface area contributed by atoms with Crippen molar-refractivity contribution in [1.29, 1.82) is 0 Å². The Morgan fingerprint density at radius 2 is 1.93 bits per heavy atom. The molecule has 0 spiro atoms. The number of nitrogens with one attached hydrogen (secondary N) is 1. The van der Waals surface area contributed by atoms with Crippen molar-refractivity contribution in [2.24, 2.45) is 22.7 Å². The third kappa shape index (κ3) is 3.52. The lowest BCUT2D eigenvalue weighted by Crippen LogP contribution is -2.47. The Morgan fingerprint density at radius 3 is 2.70 bits per heavy atom. The maximum Gasteiger partial charge on any atom is 0.187 e. The van der Waals surface area contributed by atoms with Crippen LogP contribution in [0.2, 0.25) is 0 Å². The van der Waals surface area contributed by atoms with Gasteiger partial charge in [-0.3, -0.25) is 0 Å². The lowest BCUT2D eigenvalue weighted by molar-refractivity contribution is -0.0145. The maximum atomic E-state index is 9.67. The van der Waals surface area contributed by atoms with E-state index in [1.54, 1.807) is 23.5 Å². The topological polar surface area (TPSA) is 45.1 Å². The number of allylic oxidation sites excluding steroid dienone is 2. The Balaban J connectivity index is 1.61. The highest BCUT2D eigenvalue weighted by atomic mass is 32.1. The normalized spacial score (nSPS) is 28.5. The van der Waals surface area contributed by atoms with Gasteiger partial charge in [0.05, 0.1) is 5.69 Å². The van der Waals surface area contributed by atoms with Crippen molar-refractivity contribution in [3.63, 3.8) is 0 Å². The number of phenols is 1. The van der Waals surface area contributed by atoms with Gasteiger partial charge in [0.2, 0.25) is 0 Å². The van der Waals surface area contributed by atoms with Gasteiger partial charge in [-0.2, -0.15) is 0 Å². The van der Waals surface area contributed by atoms with Crippen molar-refractivity contribution in [2.45, 2.75) is 52.9 Å². The van der Waals surface area contributed by atoms with Gasteiger partial charge >= 0.3 is 0 Å². The molecule has 0 saturated heterocycles. The monoisotopic (exact) mass is 382 g/mol. The highest BCUT2D eigenvalue weighted by molar-refractivity contribution is 7.13. The Morgan fingerprint density at radius 1 is 1.15 bits per heavy atom. The van der Waals surface area contributed by atoms with E-state index in [0.29, 0.717) is 28.6 Å². The number of phenolic OH excluding ortho intramolecular Hbond substituents is 1. The van der Waals surface area contributed by atoms with Gasteiger partial charge in [0, 0.05) is 23.1 Å². The summed E-state index contributed by atoms with van der Waals surface area (Å²) in [6.07, 6.45) is 8.52. The van der Waals surface area contributed by atoms with Gasteiger partial charge in [-0.15, -0.1) is 11.3 Å². The molecule has 3 unspecified atom stereocenters. The smallest absolute Gasteiger partial charge is 0.187 e. The van der Waals surface area contributed by atoms with E-state index in [4.69, 9.17) is 4.98 Å². The average molecular weight is 383 g/mol. The van der Waals surface area contributed by atoms with E-state index in [0.717, 1.165) is 17.2 Å². The molecule has 4 rings (SSSR count). The molecule has 2 aliphatic carbocycles. The number of benzene rings is 1. The van der Waals surface area contributed by atoms with Crippen molar-refractivity contribution in [3.05, 3.63) is 47.5 Å². The second kappa shape index (κ2) is 6.66. The largest absolute Gasteiger partial charge is 0.508 e. The van der Waals surface area contributed by atoms with Gasteiger partial charge in [0.15, 0.2) is 5.13 Å². The van der Waals surface area contributed by atoms with E-state index >= 15 is 0 Å². The molecule has 4 heteroatoms. The first-order valence-electron chi connectivity index (χ1n) is 9.94. The van der Waals surface area contributed by atoms with Crippen LogP contribution in [0.1, 0.15) is 58.6 Å². The summed E-state index contributed by atoms with van der Waals surface area (Å²) in [6, 6.07) is 7.20. The predicted molar refractivity (Wildman–Crippen MR) is 114 cm³/mol. The maximum absolute atomic E-state index is 9.67. The van der Waals surface area contributed by atoms with Crippen LogP contribution < -0.4 is 5.32 Å². The minimum atomic E-state index is 0.267. The van der Waals surface area contributed by atoms with Crippen molar-refractivity contribution in [2.75, 3.05) is 5.32 Å². The molecular weight excluding hydrogens is 352 g/mol. The number of fused-ring (bicyclic) bond motifs is 1. The summed E-state index contributed by atoms with van der Waals surface area (Å²) in [7, 11) is 0. The first-order chi connectivity index (χ1) is 12.8. The summed E-state index contributed by atoms with van der Waals surface area (Å²) in [5, 5.41) is 16.1. The van der Waals surface area contributed by atoms with Crippen LogP contribution in [-0.4, -0.2) is 10.1 Å². The summed E-state index contributed by atoms with van der Waals surface area (Å²) < 4.78 is 0. The molecule has 0 aliphatic heterocycles. The molecule has 1 aromatic carbocycles. The summed E-state index contributed by atoms with van der Waals surface area (Å²) in [5.74, 6) is 1.99. The Hall–Kier alpha value is -1.81. The van der Waals surface area contributed by atoms with E-state index in [2.05, 4.69) is 50.5 Å². The summed E-state index contributed by atoms with van der Waals surface area (Å²) in [6.45, 7) is 9.76. The van der Waals surface area contributed by atoms with E-state index < -0.39 is 0 Å². The number of nitrogens with zero attached hydrogens (tertiary/aromatic N) is 1. The minimum absolute atomic E-state index is 0.267. The summed E-state index contributed by atoms with van der Waals surface area (Å²) in [5.41, 5.74) is 2.77. The van der Waals surface area contributed by atoms with Gasteiger partial charge < -0.3 is 10.4 Å². The van der Waals surface area contributed by atoms with Crippen LogP contribution >= 0.6 is 11.3 Å². The van der Waals surface area contributed by atoms with Gasteiger partial charge in [-0.05, 0) is 54.1 Å². The molecule has 27 heavy (non-hydrogen) atoms. The molecule has 1 heterocycles. The second-order valence-electron chi connectivity index (χ2n) is 9.55. The zero-order valence-corrected chi connectivity index (χ0v) is 17.5. The van der Waals surface area contributed by atoms with Crippen LogP contribution in [0.3, 0.4) is 0 Å². The molecule has 2 N–H and O–H groups in total. The first kappa shape index (κ1) is 18.5. The Bertz CT molecular complexity index is 852. The average Bonchev–Trinajstić information content (AvgIpc) is 3.07. The fraction of sp³-hybridized carbons (Fsp3) is 0.522. The molecule has 0 radical (unpaired) electrons. The summed E-state index contributed by atoms with van der Waals surface area (Å²) >= 11 is 1.66. The number of anilines is 2. The predicted octanol–water partition coefficient (Wildman–Crippen LogP) is 6.71. The number of thiazole rings is 1. The zero-order chi connectivity index (χ0) is 19.2. The van der Waals surface area contributed by atoms with Crippen LogP contribution in [0.25, 0.3) is 0 Å². The van der Waals surface area contributed by atoms with Crippen LogP contribution in [-0.2, 0) is 0 Å². The molecule has 2 aliphatic rings. The van der Waals surface area contributed by atoms with Gasteiger partial charge in [-0.1, -0.05) is 45.9 Å². The minimum Gasteiger partial charge on any atom is -0.508 e. The molecule has 144 valence electrons. The number of aromatic nitrogens is 1. The van der Waals surface area contributed by atoms with Gasteiger partial charge in [-0.25, -0.2) is 4.98 Å². The van der Waals surface area contributed by atoms with E-state index in [1.165, 1.54) is 18.5 Å². The SMILES string of the molecule is CC1(C)CCC(C)(C)C2C(c3csc(Nc4cccc(O)c4)n3)CC=CC21. The van der Waals surface area contributed by atoms with Crippen molar-refractivity contribution >= 4 is 22.2 Å². The Labute approximate surface area is 166 Å². The second-order valence-corrected chi connectivity index (χ2v) is 10.4. The van der Waals surface area contributed by atoms with Crippen molar-refractivity contribution < 1.29 is 5.11 Å². The van der Waals surface area contributed by atoms with E-state index in [-0.39, 0.29) is 5.75 Å². The first-order valence-corrected chi connectivity index (χ1v) is 10.8. The lowest BCUT2D eigenvalue weighted by atomic mass is 9.49. The molecule has 0 amide bonds. The number of aromatic hydroxyl groups is 1. The van der Waals surface area contributed by atoms with Crippen molar-refractivity contribution in [1.82, 2.24) is 4.98 Å². The zero-order valence-electron chi connectivity index (χ0n) is 16.7. The standard InChI is InChI=1S/C23H30N2OS/c1-22(2)11-12-23(3,4)20-17(9-6-10-18(20)22)19-14-27-21(25-19)24-15-7-5-8-16(26)13-15/h5-8,10,13-14,17-18,20,26H,9,11-12H2,1-4H3,(H,24,25). The third-order valence-corrected chi connectivity index (χ3v) is 7.55. The molecular formula is C23H30N2OS. The quantitative estimate of drug-likeness (QED) is 0.580. The van der Waals surface area contributed by atoms with Crippen LogP contribution in [0.4, 0.5) is 10.8 Å². The molecule has 0 bridgehead atoms. The van der Waals surface area contributed by atoms with Crippen LogP contribution in [0, 0.1) is 22.7 Å². The molecule has 2 aromatic rings. The van der Waals surface area contributed by atoms with Gasteiger partial charge in [0.25, 0.3) is 0 Å². The molecule has 1 aromatic heterocycles. The lowest BCUT2D eigenvalue weighted by Gasteiger charge is -2.55. The number of hydrogen-bond acceptors (Lipinski definition) is 4. The molecule has 3 nitrogen and oxygen atoms in total. The fourth-order valence-corrected chi connectivity index (χ4v) is 5.96.